The summed E-state index contributed by atoms with van der Waals surface area (Å²) in [5, 5.41) is 8.09. The Kier molecular flexibility index (Phi) is 5.91. The van der Waals surface area contributed by atoms with Crippen molar-refractivity contribution in [3.63, 3.8) is 0 Å². The minimum absolute atomic E-state index is 0.0825. The second-order valence-electron chi connectivity index (χ2n) is 10.1. The molecule has 0 spiro atoms. The van der Waals surface area contributed by atoms with Gasteiger partial charge in [0.15, 0.2) is 0 Å². The van der Waals surface area contributed by atoms with Crippen LogP contribution in [-0.4, -0.2) is 45.4 Å². The van der Waals surface area contributed by atoms with Gasteiger partial charge in [-0.25, -0.2) is 4.68 Å². The third kappa shape index (κ3) is 4.62. The molecule has 1 aliphatic carbocycles. The van der Waals surface area contributed by atoms with Crippen LogP contribution in [0.1, 0.15) is 30.5 Å². The average Bonchev–Trinajstić information content (AvgIpc) is 3.38. The molecule has 1 saturated heterocycles. The first-order valence-corrected chi connectivity index (χ1v) is 12.5. The number of hydrogen-bond donors (Lipinski definition) is 1. The lowest BCUT2D eigenvalue weighted by Crippen LogP contribution is -2.48. The highest BCUT2D eigenvalue weighted by molar-refractivity contribution is 5.60. The van der Waals surface area contributed by atoms with Crippen molar-refractivity contribution in [3.05, 3.63) is 53.9 Å². The zero-order valence-electron chi connectivity index (χ0n) is 20.2. The normalized spacial score (nSPS) is 23.5. The summed E-state index contributed by atoms with van der Waals surface area (Å²) in [4.78, 5) is 12.0. The summed E-state index contributed by atoms with van der Waals surface area (Å²) in [7, 11) is 0. The number of anilines is 4. The monoisotopic (exact) mass is 537 g/mol. The Bertz CT molecular complexity index is 1290. The number of pyridine rings is 1. The van der Waals surface area contributed by atoms with E-state index in [1.165, 1.54) is 18.3 Å². The molecule has 3 atom stereocenters. The molecule has 2 fully saturated rings. The van der Waals surface area contributed by atoms with Crippen LogP contribution in [-0.2, 0) is 18.9 Å². The second-order valence-corrected chi connectivity index (χ2v) is 10.1. The lowest BCUT2D eigenvalue weighted by Gasteiger charge is -2.39. The minimum atomic E-state index is -4.49. The number of halogens is 6. The summed E-state index contributed by atoms with van der Waals surface area (Å²) in [6.45, 7) is 2.48. The van der Waals surface area contributed by atoms with Crippen LogP contribution in [0.4, 0.5) is 49.6 Å². The van der Waals surface area contributed by atoms with Crippen LogP contribution < -0.4 is 15.1 Å². The summed E-state index contributed by atoms with van der Waals surface area (Å²) in [6.07, 6.45) is -5.03. The maximum absolute atomic E-state index is 13.1. The smallest absolute Gasteiger partial charge is 0.371 e. The van der Waals surface area contributed by atoms with Crippen molar-refractivity contribution < 1.29 is 26.3 Å². The Morgan fingerprint density at radius 3 is 2.21 bits per heavy atom. The van der Waals surface area contributed by atoms with Crippen molar-refractivity contribution in [2.24, 2.45) is 11.8 Å². The van der Waals surface area contributed by atoms with Crippen molar-refractivity contribution in [3.8, 4) is 0 Å². The van der Waals surface area contributed by atoms with Gasteiger partial charge in [-0.3, -0.25) is 4.98 Å². The molecule has 1 unspecified atom stereocenters. The van der Waals surface area contributed by atoms with Gasteiger partial charge in [-0.05, 0) is 67.5 Å². The molecule has 0 radical (unpaired) electrons. The largest absolute Gasteiger partial charge is 0.433 e. The van der Waals surface area contributed by atoms with Crippen molar-refractivity contribution >= 4 is 23.3 Å². The number of aryl methyl sites for hydroxylation is 1. The average molecular weight is 538 g/mol. The molecule has 4 heterocycles. The Morgan fingerprint density at radius 1 is 0.842 bits per heavy atom. The predicted molar refractivity (Wildman–Crippen MR) is 128 cm³/mol. The topological polar surface area (TPSA) is 62.1 Å². The van der Waals surface area contributed by atoms with Crippen molar-refractivity contribution in [2.45, 2.75) is 44.2 Å². The molecule has 3 aliphatic rings. The molecule has 1 aromatic carbocycles. The first kappa shape index (κ1) is 24.8. The molecule has 6 rings (SSSR count). The van der Waals surface area contributed by atoms with Crippen LogP contribution in [0.5, 0.6) is 0 Å². The Hall–Kier alpha value is -3.51. The highest BCUT2D eigenvalue weighted by Crippen LogP contribution is 2.41. The van der Waals surface area contributed by atoms with E-state index in [1.807, 2.05) is 9.80 Å². The standard InChI is InChI=1S/C25H25F6N7/c26-24(27,28)17-4-6-18(7-5-17)37-10-1-11-38-23(37)34-22(35-38)33-21-15-2-3-16(21)14-36(13-15)19-8-9-32-20(12-19)25(29,30)31/h4-9,12,15-16,21H,1-3,10-11,13-14H2,(H,33,35)/t15-,16+,21?. The van der Waals surface area contributed by atoms with Gasteiger partial charge in [0, 0.05) is 49.8 Å². The number of benzene rings is 1. The number of nitrogens with zero attached hydrogens (tertiary/aromatic N) is 6. The van der Waals surface area contributed by atoms with Crippen molar-refractivity contribution in [1.82, 2.24) is 19.7 Å². The van der Waals surface area contributed by atoms with Crippen LogP contribution >= 0.6 is 0 Å². The quantitative estimate of drug-likeness (QED) is 0.439. The molecule has 7 nitrogen and oxygen atoms in total. The van der Waals surface area contributed by atoms with Gasteiger partial charge in [-0.2, -0.15) is 31.3 Å². The van der Waals surface area contributed by atoms with Gasteiger partial charge in [-0.15, -0.1) is 5.10 Å². The van der Waals surface area contributed by atoms with E-state index in [9.17, 15) is 26.3 Å². The lowest BCUT2D eigenvalue weighted by atomic mass is 9.92. The van der Waals surface area contributed by atoms with E-state index in [-0.39, 0.29) is 17.9 Å². The zero-order chi connectivity index (χ0) is 26.7. The molecule has 13 heteroatoms. The Balaban J connectivity index is 1.17. The van der Waals surface area contributed by atoms with Gasteiger partial charge < -0.3 is 15.1 Å². The first-order valence-electron chi connectivity index (χ1n) is 12.5. The van der Waals surface area contributed by atoms with Gasteiger partial charge in [0.05, 0.1) is 5.56 Å². The summed E-state index contributed by atoms with van der Waals surface area (Å²) >= 11 is 0. The number of alkyl halides is 6. The Morgan fingerprint density at radius 2 is 1.55 bits per heavy atom. The number of aromatic nitrogens is 4. The highest BCUT2D eigenvalue weighted by Gasteiger charge is 2.43. The SMILES string of the molecule is FC(F)(F)c1ccc(N2CCCn3nc(NC4[C@@H]5CC[C@H]4CN(c4ccnc(C(F)(F)F)c4)C5)nc32)cc1. The van der Waals surface area contributed by atoms with Crippen LogP contribution in [0, 0.1) is 11.8 Å². The fraction of sp³-hybridized carbons (Fsp3) is 0.480. The van der Waals surface area contributed by atoms with E-state index < -0.39 is 23.6 Å². The molecule has 1 saturated carbocycles. The molecule has 202 valence electrons. The van der Waals surface area contributed by atoms with Crippen LogP contribution in [0.2, 0.25) is 0 Å². The number of nitrogens with one attached hydrogen (secondary N) is 1. The fourth-order valence-corrected chi connectivity index (χ4v) is 5.89. The molecule has 38 heavy (non-hydrogen) atoms. The molecule has 0 amide bonds. The van der Waals surface area contributed by atoms with E-state index >= 15 is 0 Å². The highest BCUT2D eigenvalue weighted by atomic mass is 19.4. The summed E-state index contributed by atoms with van der Waals surface area (Å²) in [5.74, 6) is 1.45. The number of rotatable bonds is 4. The second kappa shape index (κ2) is 9.05. The van der Waals surface area contributed by atoms with Crippen LogP contribution in [0.15, 0.2) is 42.6 Å². The van der Waals surface area contributed by atoms with Gasteiger partial charge >= 0.3 is 12.4 Å². The minimum Gasteiger partial charge on any atom is -0.371 e. The zero-order valence-corrected chi connectivity index (χ0v) is 20.2. The van der Waals surface area contributed by atoms with Crippen molar-refractivity contribution in [1.29, 1.82) is 0 Å². The summed E-state index contributed by atoms with van der Waals surface area (Å²) in [5.41, 5.74) is -0.467. The summed E-state index contributed by atoms with van der Waals surface area (Å²) < 4.78 is 80.1. The predicted octanol–water partition coefficient (Wildman–Crippen LogP) is 5.58. The number of hydrogen-bond acceptors (Lipinski definition) is 6. The van der Waals surface area contributed by atoms with Crippen molar-refractivity contribution in [2.75, 3.05) is 34.8 Å². The Labute approximate surface area is 214 Å². The van der Waals surface area contributed by atoms with Gasteiger partial charge in [0.2, 0.25) is 11.9 Å². The third-order valence-corrected chi connectivity index (χ3v) is 7.68. The third-order valence-electron chi connectivity index (χ3n) is 7.68. The molecule has 2 aromatic heterocycles. The van der Waals surface area contributed by atoms with Crippen LogP contribution in [0.3, 0.4) is 0 Å². The molecule has 3 aromatic rings. The maximum Gasteiger partial charge on any atom is 0.433 e. The van der Waals surface area contributed by atoms with Gasteiger partial charge in [-0.1, -0.05) is 0 Å². The summed E-state index contributed by atoms with van der Waals surface area (Å²) in [6, 6.07) is 7.82. The fourth-order valence-electron chi connectivity index (χ4n) is 5.89. The number of fused-ring (bicyclic) bond motifs is 3. The molecule has 1 N–H and O–H groups in total. The maximum atomic E-state index is 13.1. The molecular formula is C25H25F6N7. The van der Waals surface area contributed by atoms with E-state index in [0.29, 0.717) is 49.5 Å². The van der Waals surface area contributed by atoms with E-state index in [1.54, 1.807) is 10.7 Å². The first-order chi connectivity index (χ1) is 18.1. The molecule has 2 bridgehead atoms. The molecule has 2 aliphatic heterocycles. The molecular weight excluding hydrogens is 512 g/mol. The number of piperidine rings is 1. The lowest BCUT2D eigenvalue weighted by molar-refractivity contribution is -0.141. The van der Waals surface area contributed by atoms with E-state index in [0.717, 1.165) is 37.5 Å². The van der Waals surface area contributed by atoms with E-state index in [4.69, 9.17) is 0 Å². The van der Waals surface area contributed by atoms with E-state index in [2.05, 4.69) is 20.4 Å². The van der Waals surface area contributed by atoms with Gasteiger partial charge in [0.25, 0.3) is 0 Å². The van der Waals surface area contributed by atoms with Gasteiger partial charge in [0.1, 0.15) is 5.69 Å². The van der Waals surface area contributed by atoms with Crippen LogP contribution in [0.25, 0.3) is 0 Å².